The molecule has 0 amide bonds. The van der Waals surface area contributed by atoms with Gasteiger partial charge < -0.3 is 10.0 Å². The van der Waals surface area contributed by atoms with Crippen LogP contribution in [0.4, 0.5) is 17.6 Å². The van der Waals surface area contributed by atoms with Crippen LogP contribution >= 0.6 is 0 Å². The lowest BCUT2D eigenvalue weighted by Gasteiger charge is -2.22. The number of alkyl halides is 4. The van der Waals surface area contributed by atoms with Crippen LogP contribution < -0.4 is 0 Å². The normalized spacial score (nSPS) is 14.6. The Kier molecular flexibility index (Phi) is 13.3. The van der Waals surface area contributed by atoms with Gasteiger partial charge in [-0.25, -0.2) is 17.2 Å². The van der Waals surface area contributed by atoms with E-state index >= 15 is 0 Å². The molecule has 246 valence electrons. The average molecular weight is 640 g/mol. The fourth-order valence-electron chi connectivity index (χ4n) is 5.98. The van der Waals surface area contributed by atoms with Gasteiger partial charge in [0.15, 0.2) is 0 Å². The number of phenols is 1. The van der Waals surface area contributed by atoms with E-state index in [1.54, 1.807) is 6.07 Å². The number of hydrogen-bond donors (Lipinski definition) is 1. The fourth-order valence-corrected chi connectivity index (χ4v) is 7.41. The lowest BCUT2D eigenvalue weighted by molar-refractivity contribution is -0.200. The molecular weight excluding hydrogens is 590 g/mol. The van der Waals surface area contributed by atoms with Crippen LogP contribution in [-0.2, 0) is 16.3 Å². The van der Waals surface area contributed by atoms with E-state index < -0.39 is 40.3 Å². The van der Waals surface area contributed by atoms with Gasteiger partial charge in [-0.15, -0.1) is 0 Å². The lowest BCUT2D eigenvalue weighted by Crippen LogP contribution is -2.37. The maximum atomic E-state index is 13.4. The minimum Gasteiger partial charge on any atom is -0.508 e. The van der Waals surface area contributed by atoms with Crippen molar-refractivity contribution in [3.05, 3.63) is 64.7 Å². The minimum atomic E-state index is -4.19. The van der Waals surface area contributed by atoms with Gasteiger partial charge in [-0.1, -0.05) is 48.7 Å². The first-order valence-corrected chi connectivity index (χ1v) is 17.8. The highest BCUT2D eigenvalue weighted by Gasteiger charge is 2.51. The van der Waals surface area contributed by atoms with E-state index in [0.29, 0.717) is 18.6 Å². The predicted molar refractivity (Wildman–Crippen MR) is 172 cm³/mol. The summed E-state index contributed by atoms with van der Waals surface area (Å²) in [7, 11) is -1.47. The van der Waals surface area contributed by atoms with Gasteiger partial charge in [-0.2, -0.15) is 8.78 Å². The molecule has 0 fully saturated rings. The summed E-state index contributed by atoms with van der Waals surface area (Å²) in [6.07, 6.45) is 7.60. The number of nitrogens with zero attached hydrogens (tertiary/aromatic N) is 1. The molecule has 3 rings (SSSR count). The molecule has 1 aliphatic carbocycles. The summed E-state index contributed by atoms with van der Waals surface area (Å²) in [6.45, 7) is 4.07. The molecule has 9 heteroatoms. The Morgan fingerprint density at radius 3 is 2.23 bits per heavy atom. The second-order valence-electron chi connectivity index (χ2n) is 12.5. The number of benzene rings is 2. The van der Waals surface area contributed by atoms with Crippen LogP contribution in [0, 0.1) is 6.92 Å². The average Bonchev–Trinajstić information content (AvgIpc) is 3.10. The summed E-state index contributed by atoms with van der Waals surface area (Å²) in [6, 6.07) is 14.5. The standard InChI is InChI=1S/C35H49F4NO3S/c1-27-13-10-14-28(25-27)31-17-11-15-29-26-30(41)18-19-32(29)33(31)16-6-4-7-21-40(3)22-8-5-9-23-44(42,43)24-12-20-35(38,39)34(2,36)37/h10,13-14,18-19,25-26,41H,4-9,11-12,15-17,20-24H2,1-3H3. The Bertz CT molecular complexity index is 1350. The van der Waals surface area contributed by atoms with Crippen LogP contribution in [0.1, 0.15) is 99.8 Å². The van der Waals surface area contributed by atoms with Crippen molar-refractivity contribution in [3.8, 4) is 5.75 Å². The van der Waals surface area contributed by atoms with E-state index in [2.05, 4.69) is 49.2 Å². The molecule has 0 atom stereocenters. The molecule has 2 aromatic carbocycles. The summed E-state index contributed by atoms with van der Waals surface area (Å²) in [4.78, 5) is 2.25. The molecule has 4 nitrogen and oxygen atoms in total. The van der Waals surface area contributed by atoms with E-state index in [-0.39, 0.29) is 12.7 Å². The lowest BCUT2D eigenvalue weighted by atomic mass is 9.88. The Hall–Kier alpha value is -2.39. The van der Waals surface area contributed by atoms with Crippen LogP contribution in [0.15, 0.2) is 42.5 Å². The molecule has 1 aliphatic rings. The molecule has 0 radical (unpaired) electrons. The number of allylic oxidation sites excluding steroid dienone is 2. The minimum absolute atomic E-state index is 0.103. The summed E-state index contributed by atoms with van der Waals surface area (Å²) < 4.78 is 76.8. The van der Waals surface area contributed by atoms with Gasteiger partial charge >= 0.3 is 11.8 Å². The van der Waals surface area contributed by atoms with Crippen molar-refractivity contribution in [3.63, 3.8) is 0 Å². The Morgan fingerprint density at radius 1 is 0.864 bits per heavy atom. The molecule has 0 bridgehead atoms. The van der Waals surface area contributed by atoms with Crippen molar-refractivity contribution in [1.82, 2.24) is 4.90 Å². The number of unbranched alkanes of at least 4 members (excludes halogenated alkanes) is 4. The number of fused-ring (bicyclic) bond motifs is 1. The number of phenolic OH excluding ortho intramolecular Hbond substituents is 1. The van der Waals surface area contributed by atoms with Gasteiger partial charge in [0, 0.05) is 13.3 Å². The smallest absolute Gasteiger partial charge is 0.309 e. The SMILES string of the molecule is Cc1cccc(C2=C(CCCCCN(C)CCCCCS(=O)(=O)CCCC(F)(F)C(C)(F)F)c3ccc(O)cc3CCC2)c1. The van der Waals surface area contributed by atoms with Crippen molar-refractivity contribution in [2.75, 3.05) is 31.6 Å². The van der Waals surface area contributed by atoms with Crippen molar-refractivity contribution in [2.24, 2.45) is 0 Å². The quantitative estimate of drug-likeness (QED) is 0.131. The molecule has 0 aromatic heterocycles. The first kappa shape index (κ1) is 36.1. The van der Waals surface area contributed by atoms with Gasteiger partial charge in [-0.3, -0.25) is 0 Å². The fraction of sp³-hybridized carbons (Fsp3) is 0.600. The van der Waals surface area contributed by atoms with Gasteiger partial charge in [0.1, 0.15) is 15.6 Å². The van der Waals surface area contributed by atoms with E-state index in [1.807, 2.05) is 6.07 Å². The Labute approximate surface area is 261 Å². The van der Waals surface area contributed by atoms with Crippen LogP contribution in [0.2, 0.25) is 0 Å². The second-order valence-corrected chi connectivity index (χ2v) is 14.8. The Balaban J connectivity index is 1.40. The number of aryl methyl sites for hydroxylation is 2. The zero-order chi connectivity index (χ0) is 32.4. The van der Waals surface area contributed by atoms with Crippen molar-refractivity contribution in [1.29, 1.82) is 0 Å². The molecule has 0 heterocycles. The van der Waals surface area contributed by atoms with E-state index in [1.165, 1.54) is 33.4 Å². The molecule has 0 unspecified atom stereocenters. The predicted octanol–water partition coefficient (Wildman–Crippen LogP) is 9.10. The van der Waals surface area contributed by atoms with Crippen LogP contribution in [0.3, 0.4) is 0 Å². The van der Waals surface area contributed by atoms with Crippen LogP contribution in [0.5, 0.6) is 5.75 Å². The third-order valence-corrected chi connectivity index (χ3v) is 10.4. The summed E-state index contributed by atoms with van der Waals surface area (Å²) in [5, 5.41) is 10.1. The van der Waals surface area contributed by atoms with E-state index in [4.69, 9.17) is 0 Å². The number of rotatable bonds is 18. The van der Waals surface area contributed by atoms with Crippen LogP contribution in [-0.4, -0.2) is 61.9 Å². The third-order valence-electron chi connectivity index (χ3n) is 8.57. The van der Waals surface area contributed by atoms with Gasteiger partial charge in [0.05, 0.1) is 11.5 Å². The maximum Gasteiger partial charge on any atom is 0.309 e. The summed E-state index contributed by atoms with van der Waals surface area (Å²) in [5.41, 5.74) is 7.82. The molecule has 0 spiro atoms. The number of aromatic hydroxyl groups is 1. The monoisotopic (exact) mass is 639 g/mol. The summed E-state index contributed by atoms with van der Waals surface area (Å²) >= 11 is 0. The third kappa shape index (κ3) is 11.2. The van der Waals surface area contributed by atoms with Crippen molar-refractivity contribution < 1.29 is 31.1 Å². The largest absolute Gasteiger partial charge is 0.508 e. The zero-order valence-electron chi connectivity index (χ0n) is 26.5. The van der Waals surface area contributed by atoms with Crippen LogP contribution in [0.25, 0.3) is 11.1 Å². The highest BCUT2D eigenvalue weighted by atomic mass is 32.2. The maximum absolute atomic E-state index is 13.4. The summed E-state index contributed by atoms with van der Waals surface area (Å²) in [5.74, 6) is -8.63. The molecule has 1 N–H and O–H groups in total. The first-order chi connectivity index (χ1) is 20.7. The Morgan fingerprint density at radius 2 is 1.55 bits per heavy atom. The zero-order valence-corrected chi connectivity index (χ0v) is 27.3. The number of halogens is 4. The van der Waals surface area contributed by atoms with E-state index in [9.17, 15) is 31.1 Å². The molecule has 44 heavy (non-hydrogen) atoms. The van der Waals surface area contributed by atoms with Crippen molar-refractivity contribution in [2.45, 2.75) is 103 Å². The molecule has 0 saturated carbocycles. The molecular formula is C35H49F4NO3S. The molecule has 0 aliphatic heterocycles. The topological polar surface area (TPSA) is 57.6 Å². The number of sulfone groups is 1. The molecule has 0 saturated heterocycles. The first-order valence-electron chi connectivity index (χ1n) is 15.9. The highest BCUT2D eigenvalue weighted by molar-refractivity contribution is 7.91. The highest BCUT2D eigenvalue weighted by Crippen LogP contribution is 2.40. The van der Waals surface area contributed by atoms with Crippen molar-refractivity contribution >= 4 is 21.0 Å². The molecule has 2 aromatic rings. The van der Waals surface area contributed by atoms with Gasteiger partial charge in [0.25, 0.3) is 0 Å². The van der Waals surface area contributed by atoms with Gasteiger partial charge in [0.2, 0.25) is 0 Å². The van der Waals surface area contributed by atoms with E-state index in [0.717, 1.165) is 64.5 Å². The second kappa shape index (κ2) is 16.3. The number of hydrogen-bond acceptors (Lipinski definition) is 4. The van der Waals surface area contributed by atoms with Gasteiger partial charge in [-0.05, 0) is 125 Å².